The van der Waals surface area contributed by atoms with Crippen LogP contribution in [0.5, 0.6) is 0 Å². The van der Waals surface area contributed by atoms with Crippen molar-refractivity contribution in [1.29, 1.82) is 0 Å². The molecule has 0 unspecified atom stereocenters. The van der Waals surface area contributed by atoms with Gasteiger partial charge in [-0.25, -0.2) is 9.78 Å². The lowest BCUT2D eigenvalue weighted by Gasteiger charge is -2.44. The van der Waals surface area contributed by atoms with Crippen molar-refractivity contribution >= 4 is 22.8 Å². The molecular formula is C11H12N4O3. The Kier molecular flexibility index (Phi) is 2.02. The number of fused-ring (bicyclic) bond motifs is 1. The molecule has 5 N–H and O–H groups in total. The number of likely N-dealkylation sites (tertiary alicyclic amines) is 1. The van der Waals surface area contributed by atoms with E-state index in [0.29, 0.717) is 16.9 Å². The third-order valence-corrected chi connectivity index (χ3v) is 3.23. The second-order valence-electron chi connectivity index (χ2n) is 4.54. The van der Waals surface area contributed by atoms with E-state index in [9.17, 15) is 9.90 Å². The quantitative estimate of drug-likeness (QED) is 0.580. The topological polar surface area (TPSA) is 115 Å². The number of aromatic amines is 1. The number of nitrogen functional groups attached to an aromatic ring is 1. The van der Waals surface area contributed by atoms with E-state index >= 15 is 0 Å². The maximum atomic E-state index is 10.7. The van der Waals surface area contributed by atoms with E-state index in [1.54, 1.807) is 12.3 Å². The Morgan fingerprint density at radius 3 is 2.94 bits per heavy atom. The first-order valence-corrected chi connectivity index (χ1v) is 5.43. The molecule has 3 rings (SSSR count). The number of pyridine rings is 1. The Morgan fingerprint density at radius 2 is 2.28 bits per heavy atom. The highest BCUT2D eigenvalue weighted by Crippen LogP contribution is 2.36. The molecule has 1 fully saturated rings. The van der Waals surface area contributed by atoms with Crippen LogP contribution in [0.3, 0.4) is 0 Å². The average Bonchev–Trinajstić information content (AvgIpc) is 2.67. The maximum Gasteiger partial charge on any atom is 0.407 e. The molecular weight excluding hydrogens is 236 g/mol. The summed E-state index contributed by atoms with van der Waals surface area (Å²) in [6, 6.07) is 1.72. The van der Waals surface area contributed by atoms with Crippen LogP contribution in [0.25, 0.3) is 11.0 Å². The zero-order valence-electron chi connectivity index (χ0n) is 9.42. The minimum atomic E-state index is -1.16. The lowest BCUT2D eigenvalue weighted by molar-refractivity contribution is -0.0887. The highest BCUT2D eigenvalue weighted by Gasteiger charge is 2.46. The van der Waals surface area contributed by atoms with Crippen LogP contribution in [-0.2, 0) is 5.60 Å². The summed E-state index contributed by atoms with van der Waals surface area (Å²) in [5.74, 6) is 0. The molecule has 1 amide bonds. The molecule has 18 heavy (non-hydrogen) atoms. The molecule has 0 atom stereocenters. The Bertz CT molecular complexity index is 630. The van der Waals surface area contributed by atoms with Crippen LogP contribution in [0.4, 0.5) is 10.5 Å². The van der Waals surface area contributed by atoms with Crippen molar-refractivity contribution in [3.63, 3.8) is 0 Å². The minimum absolute atomic E-state index is 0.0596. The number of amides is 1. The number of aliphatic hydroxyl groups is 1. The highest BCUT2D eigenvalue weighted by molar-refractivity contribution is 5.84. The Balaban J connectivity index is 2.00. The lowest BCUT2D eigenvalue weighted by atomic mass is 9.86. The molecule has 2 aromatic heterocycles. The number of carbonyl (C=O) groups is 1. The molecule has 0 bridgehead atoms. The van der Waals surface area contributed by atoms with E-state index in [4.69, 9.17) is 10.8 Å². The van der Waals surface area contributed by atoms with Crippen LogP contribution in [-0.4, -0.2) is 44.3 Å². The van der Waals surface area contributed by atoms with Gasteiger partial charge in [-0.15, -0.1) is 0 Å². The van der Waals surface area contributed by atoms with Crippen LogP contribution >= 0.6 is 0 Å². The van der Waals surface area contributed by atoms with Crippen molar-refractivity contribution in [2.24, 2.45) is 0 Å². The second kappa shape index (κ2) is 3.36. The number of hydrogen-bond acceptors (Lipinski definition) is 4. The molecule has 0 saturated carbocycles. The van der Waals surface area contributed by atoms with Gasteiger partial charge in [-0.05, 0) is 6.07 Å². The molecule has 2 aromatic rings. The van der Waals surface area contributed by atoms with Crippen LogP contribution < -0.4 is 5.73 Å². The van der Waals surface area contributed by atoms with Gasteiger partial charge in [-0.1, -0.05) is 0 Å². The van der Waals surface area contributed by atoms with Crippen molar-refractivity contribution in [2.75, 3.05) is 18.8 Å². The summed E-state index contributed by atoms with van der Waals surface area (Å²) in [5.41, 5.74) is 6.27. The fraction of sp³-hybridized carbons (Fsp3) is 0.273. The number of hydrogen-bond donors (Lipinski definition) is 4. The fourth-order valence-electron chi connectivity index (χ4n) is 2.30. The van der Waals surface area contributed by atoms with E-state index < -0.39 is 11.7 Å². The third kappa shape index (κ3) is 1.41. The summed E-state index contributed by atoms with van der Waals surface area (Å²) < 4.78 is 0. The number of nitrogens with two attached hydrogens (primary N) is 1. The summed E-state index contributed by atoms with van der Waals surface area (Å²) in [4.78, 5) is 18.9. The fourth-order valence-corrected chi connectivity index (χ4v) is 2.30. The summed E-state index contributed by atoms with van der Waals surface area (Å²) >= 11 is 0. The Morgan fingerprint density at radius 1 is 1.56 bits per heavy atom. The van der Waals surface area contributed by atoms with Gasteiger partial charge in [0, 0.05) is 17.1 Å². The van der Waals surface area contributed by atoms with E-state index in [0.717, 1.165) is 10.3 Å². The number of nitrogens with zero attached hydrogens (tertiary/aromatic N) is 2. The average molecular weight is 248 g/mol. The van der Waals surface area contributed by atoms with Crippen LogP contribution in [0.1, 0.15) is 5.56 Å². The number of H-pyrrole nitrogens is 1. The number of β-amino-alcohol motifs (C(OH)–C–C–N with tert-alkyl or cyclic N) is 1. The number of carboxylic acid groups (broad SMARTS) is 1. The standard InChI is InChI=1S/C11H12N4O3/c12-6-1-7-8(3-14-9(7)13-2-6)11(18)4-15(5-11)10(16)17/h1-3,18H,4-5,12H2,(H,13,14)(H,16,17). The second-order valence-corrected chi connectivity index (χ2v) is 4.54. The first-order valence-electron chi connectivity index (χ1n) is 5.43. The number of anilines is 1. The number of aromatic nitrogens is 2. The zero-order chi connectivity index (χ0) is 12.9. The maximum absolute atomic E-state index is 10.7. The minimum Gasteiger partial charge on any atom is -0.465 e. The first-order chi connectivity index (χ1) is 8.49. The van der Waals surface area contributed by atoms with Gasteiger partial charge < -0.3 is 25.8 Å². The van der Waals surface area contributed by atoms with Gasteiger partial charge in [0.1, 0.15) is 11.2 Å². The van der Waals surface area contributed by atoms with Crippen molar-refractivity contribution in [2.45, 2.75) is 5.60 Å². The van der Waals surface area contributed by atoms with Crippen molar-refractivity contribution in [1.82, 2.24) is 14.9 Å². The normalized spacial score (nSPS) is 17.7. The van der Waals surface area contributed by atoms with E-state index in [2.05, 4.69) is 9.97 Å². The van der Waals surface area contributed by atoms with Gasteiger partial charge in [0.15, 0.2) is 0 Å². The van der Waals surface area contributed by atoms with Crippen molar-refractivity contribution < 1.29 is 15.0 Å². The van der Waals surface area contributed by atoms with Gasteiger partial charge in [0.2, 0.25) is 0 Å². The predicted octanol–water partition coefficient (Wildman–Crippen LogP) is 0.326. The van der Waals surface area contributed by atoms with Gasteiger partial charge in [-0.3, -0.25) is 0 Å². The summed E-state index contributed by atoms with van der Waals surface area (Å²) in [7, 11) is 0. The zero-order valence-corrected chi connectivity index (χ0v) is 9.42. The number of rotatable bonds is 1. The Labute approximate surface area is 102 Å². The van der Waals surface area contributed by atoms with Gasteiger partial charge in [0.25, 0.3) is 0 Å². The van der Waals surface area contributed by atoms with E-state index in [-0.39, 0.29) is 13.1 Å². The van der Waals surface area contributed by atoms with Crippen LogP contribution in [0.15, 0.2) is 18.5 Å². The molecule has 94 valence electrons. The molecule has 0 radical (unpaired) electrons. The predicted molar refractivity (Wildman–Crippen MR) is 64.0 cm³/mol. The molecule has 1 saturated heterocycles. The molecule has 3 heterocycles. The monoisotopic (exact) mass is 248 g/mol. The first kappa shape index (κ1) is 10.8. The van der Waals surface area contributed by atoms with Crippen molar-refractivity contribution in [3.05, 3.63) is 24.0 Å². The van der Waals surface area contributed by atoms with Crippen molar-refractivity contribution in [3.8, 4) is 0 Å². The summed E-state index contributed by atoms with van der Waals surface area (Å²) in [5, 5.41) is 19.9. The van der Waals surface area contributed by atoms with Gasteiger partial charge in [-0.2, -0.15) is 0 Å². The highest BCUT2D eigenvalue weighted by atomic mass is 16.4. The lowest BCUT2D eigenvalue weighted by Crippen LogP contribution is -2.60. The molecule has 1 aliphatic rings. The van der Waals surface area contributed by atoms with Crippen LogP contribution in [0.2, 0.25) is 0 Å². The molecule has 0 aromatic carbocycles. The Hall–Kier alpha value is -2.28. The molecule has 7 nitrogen and oxygen atoms in total. The largest absolute Gasteiger partial charge is 0.465 e. The molecule has 0 aliphatic carbocycles. The van der Waals surface area contributed by atoms with Crippen LogP contribution in [0, 0.1) is 0 Å². The van der Waals surface area contributed by atoms with E-state index in [1.807, 2.05) is 0 Å². The van der Waals surface area contributed by atoms with E-state index in [1.165, 1.54) is 6.20 Å². The summed E-state index contributed by atoms with van der Waals surface area (Å²) in [6.07, 6.45) is 2.14. The van der Waals surface area contributed by atoms with Gasteiger partial charge >= 0.3 is 6.09 Å². The smallest absolute Gasteiger partial charge is 0.407 e. The summed E-state index contributed by atoms with van der Waals surface area (Å²) in [6.45, 7) is 0.119. The van der Waals surface area contributed by atoms with Gasteiger partial charge in [0.05, 0.1) is 25.0 Å². The molecule has 1 aliphatic heterocycles. The molecule has 0 spiro atoms. The SMILES string of the molecule is Nc1cnc2[nH]cc(C3(O)CN(C(=O)O)C3)c2c1. The molecule has 7 heteroatoms. The third-order valence-electron chi connectivity index (χ3n) is 3.23. The number of nitrogens with one attached hydrogen (secondary N) is 1.